The van der Waals surface area contributed by atoms with Crippen LogP contribution in [0.25, 0.3) is 0 Å². The summed E-state index contributed by atoms with van der Waals surface area (Å²) in [6, 6.07) is 11.4. The van der Waals surface area contributed by atoms with E-state index in [9.17, 15) is 14.0 Å². The number of amides is 1. The summed E-state index contributed by atoms with van der Waals surface area (Å²) in [4.78, 5) is 23.5. The van der Waals surface area contributed by atoms with E-state index in [2.05, 4.69) is 5.32 Å². The van der Waals surface area contributed by atoms with E-state index in [0.29, 0.717) is 6.54 Å². The summed E-state index contributed by atoms with van der Waals surface area (Å²) in [6.45, 7) is 1.75. The van der Waals surface area contributed by atoms with Gasteiger partial charge in [-0.3, -0.25) is 4.79 Å². The molecule has 0 radical (unpaired) electrons. The zero-order valence-electron chi connectivity index (χ0n) is 12.4. The van der Waals surface area contributed by atoms with Crippen LogP contribution in [0, 0.1) is 12.7 Å². The standard InChI is InChI=1S/C17H15ClFNO3/c1-11-5-2-3-6-12(11)9-20-15(21)10-23-17(22)16-13(18)7-4-8-14(16)19/h2-8H,9-10H2,1H3,(H,20,21). The summed E-state index contributed by atoms with van der Waals surface area (Å²) in [7, 11) is 0. The number of carbonyl (C=O) groups excluding carboxylic acids is 2. The molecule has 2 aromatic rings. The lowest BCUT2D eigenvalue weighted by Crippen LogP contribution is -2.28. The fourth-order valence-electron chi connectivity index (χ4n) is 1.95. The van der Waals surface area contributed by atoms with Gasteiger partial charge in [0.05, 0.1) is 5.02 Å². The molecule has 0 heterocycles. The Kier molecular flexibility index (Phi) is 5.71. The summed E-state index contributed by atoms with van der Waals surface area (Å²) in [5, 5.41) is 2.57. The molecule has 0 spiro atoms. The Morgan fingerprint density at radius 3 is 2.61 bits per heavy atom. The highest BCUT2D eigenvalue weighted by Gasteiger charge is 2.18. The fourth-order valence-corrected chi connectivity index (χ4v) is 2.19. The average Bonchev–Trinajstić information content (AvgIpc) is 2.52. The highest BCUT2D eigenvalue weighted by molar-refractivity contribution is 6.33. The number of halogens is 2. The fraction of sp³-hybridized carbons (Fsp3) is 0.176. The van der Waals surface area contributed by atoms with Gasteiger partial charge in [0.15, 0.2) is 6.61 Å². The molecule has 6 heteroatoms. The van der Waals surface area contributed by atoms with Crippen LogP contribution in [0.4, 0.5) is 4.39 Å². The number of nitrogens with one attached hydrogen (secondary N) is 1. The molecule has 0 bridgehead atoms. The highest BCUT2D eigenvalue weighted by atomic mass is 35.5. The molecule has 0 saturated carbocycles. The zero-order chi connectivity index (χ0) is 16.8. The van der Waals surface area contributed by atoms with Crippen molar-refractivity contribution in [3.63, 3.8) is 0 Å². The molecule has 0 aliphatic rings. The van der Waals surface area contributed by atoms with Crippen LogP contribution < -0.4 is 5.32 Å². The third-order valence-corrected chi connectivity index (χ3v) is 3.55. The molecule has 2 rings (SSSR count). The molecule has 0 atom stereocenters. The number of aryl methyl sites for hydroxylation is 1. The maximum atomic E-state index is 13.6. The molecule has 1 amide bonds. The Morgan fingerprint density at radius 2 is 1.91 bits per heavy atom. The largest absolute Gasteiger partial charge is 0.452 e. The Balaban J connectivity index is 1.87. The number of hydrogen-bond acceptors (Lipinski definition) is 3. The second-order valence-electron chi connectivity index (χ2n) is 4.88. The van der Waals surface area contributed by atoms with Gasteiger partial charge < -0.3 is 10.1 Å². The van der Waals surface area contributed by atoms with Crippen LogP contribution in [0.3, 0.4) is 0 Å². The molecule has 0 aromatic heterocycles. The van der Waals surface area contributed by atoms with Gasteiger partial charge in [0.1, 0.15) is 11.4 Å². The highest BCUT2D eigenvalue weighted by Crippen LogP contribution is 2.19. The number of benzene rings is 2. The molecule has 0 aliphatic carbocycles. The summed E-state index contributed by atoms with van der Waals surface area (Å²) in [5.41, 5.74) is 1.63. The van der Waals surface area contributed by atoms with Crippen molar-refractivity contribution in [1.29, 1.82) is 0 Å². The number of carbonyl (C=O) groups is 2. The molecule has 1 N–H and O–H groups in total. The van der Waals surface area contributed by atoms with E-state index < -0.39 is 24.3 Å². The van der Waals surface area contributed by atoms with Crippen LogP contribution in [-0.4, -0.2) is 18.5 Å². The number of hydrogen-bond donors (Lipinski definition) is 1. The van der Waals surface area contributed by atoms with Crippen LogP contribution in [0.15, 0.2) is 42.5 Å². The molecule has 0 saturated heterocycles. The molecule has 120 valence electrons. The first-order chi connectivity index (χ1) is 11.0. The second-order valence-corrected chi connectivity index (χ2v) is 5.28. The van der Waals surface area contributed by atoms with Crippen LogP contribution >= 0.6 is 11.6 Å². The first-order valence-electron chi connectivity index (χ1n) is 6.91. The first-order valence-corrected chi connectivity index (χ1v) is 7.29. The molecule has 0 unspecified atom stereocenters. The predicted octanol–water partition coefficient (Wildman–Crippen LogP) is 3.26. The van der Waals surface area contributed by atoms with Crippen LogP contribution in [0.2, 0.25) is 5.02 Å². The van der Waals surface area contributed by atoms with E-state index in [1.807, 2.05) is 31.2 Å². The van der Waals surface area contributed by atoms with E-state index in [0.717, 1.165) is 17.2 Å². The van der Waals surface area contributed by atoms with Crippen molar-refractivity contribution in [1.82, 2.24) is 5.32 Å². The van der Waals surface area contributed by atoms with Crippen LogP contribution in [0.1, 0.15) is 21.5 Å². The zero-order valence-corrected chi connectivity index (χ0v) is 13.2. The number of esters is 1. The van der Waals surface area contributed by atoms with Crippen molar-refractivity contribution in [2.75, 3.05) is 6.61 Å². The lowest BCUT2D eigenvalue weighted by molar-refractivity contribution is -0.124. The number of ether oxygens (including phenoxy) is 1. The molecule has 2 aromatic carbocycles. The Hall–Kier alpha value is -2.40. The van der Waals surface area contributed by atoms with Crippen molar-refractivity contribution in [2.45, 2.75) is 13.5 Å². The lowest BCUT2D eigenvalue weighted by Gasteiger charge is -2.09. The normalized spacial score (nSPS) is 10.2. The van der Waals surface area contributed by atoms with E-state index in [-0.39, 0.29) is 10.6 Å². The first kappa shape index (κ1) is 17.0. The summed E-state index contributed by atoms with van der Waals surface area (Å²) < 4.78 is 18.3. The van der Waals surface area contributed by atoms with E-state index in [1.165, 1.54) is 12.1 Å². The maximum Gasteiger partial charge on any atom is 0.343 e. The van der Waals surface area contributed by atoms with Gasteiger partial charge in [0, 0.05) is 6.54 Å². The summed E-state index contributed by atoms with van der Waals surface area (Å²) in [6.07, 6.45) is 0. The molecular formula is C17H15ClFNO3. The van der Waals surface area contributed by atoms with E-state index >= 15 is 0 Å². The second kappa shape index (κ2) is 7.74. The third-order valence-electron chi connectivity index (χ3n) is 3.24. The van der Waals surface area contributed by atoms with Crippen molar-refractivity contribution >= 4 is 23.5 Å². The monoisotopic (exact) mass is 335 g/mol. The molecule has 4 nitrogen and oxygen atoms in total. The van der Waals surface area contributed by atoms with Gasteiger partial charge in [-0.05, 0) is 30.2 Å². The van der Waals surface area contributed by atoms with Crippen LogP contribution in [0.5, 0.6) is 0 Å². The molecule has 23 heavy (non-hydrogen) atoms. The van der Waals surface area contributed by atoms with Gasteiger partial charge in [-0.15, -0.1) is 0 Å². The van der Waals surface area contributed by atoms with Crippen molar-refractivity contribution in [3.8, 4) is 0 Å². The summed E-state index contributed by atoms with van der Waals surface area (Å²) in [5.74, 6) is -2.24. The van der Waals surface area contributed by atoms with Crippen LogP contribution in [-0.2, 0) is 16.1 Å². The lowest BCUT2D eigenvalue weighted by atomic mass is 10.1. The van der Waals surface area contributed by atoms with E-state index in [1.54, 1.807) is 0 Å². The minimum absolute atomic E-state index is 0.0599. The van der Waals surface area contributed by atoms with Gasteiger partial charge in [0.2, 0.25) is 0 Å². The Labute approximate surface area is 138 Å². The molecular weight excluding hydrogens is 321 g/mol. The quantitative estimate of drug-likeness (QED) is 0.853. The molecule has 0 aliphatic heterocycles. The number of rotatable bonds is 5. The van der Waals surface area contributed by atoms with Gasteiger partial charge >= 0.3 is 5.97 Å². The minimum atomic E-state index is -0.973. The van der Waals surface area contributed by atoms with Gasteiger partial charge in [-0.25, -0.2) is 9.18 Å². The summed E-state index contributed by atoms with van der Waals surface area (Å²) >= 11 is 5.76. The average molecular weight is 336 g/mol. The Bertz CT molecular complexity index is 713. The third kappa shape index (κ3) is 4.53. The van der Waals surface area contributed by atoms with Gasteiger partial charge in [0.25, 0.3) is 5.91 Å². The Morgan fingerprint density at radius 1 is 1.17 bits per heavy atom. The SMILES string of the molecule is Cc1ccccc1CNC(=O)COC(=O)c1c(F)cccc1Cl. The molecule has 0 fully saturated rings. The predicted molar refractivity (Wildman–Crippen MR) is 84.7 cm³/mol. The smallest absolute Gasteiger partial charge is 0.343 e. The van der Waals surface area contributed by atoms with Crippen molar-refractivity contribution < 1.29 is 18.7 Å². The van der Waals surface area contributed by atoms with Gasteiger partial charge in [-0.2, -0.15) is 0 Å². The maximum absolute atomic E-state index is 13.6. The van der Waals surface area contributed by atoms with Crippen molar-refractivity contribution in [3.05, 3.63) is 70.0 Å². The topological polar surface area (TPSA) is 55.4 Å². The van der Waals surface area contributed by atoms with E-state index in [4.69, 9.17) is 16.3 Å². The van der Waals surface area contributed by atoms with Gasteiger partial charge in [-0.1, -0.05) is 41.9 Å². The minimum Gasteiger partial charge on any atom is -0.452 e. The van der Waals surface area contributed by atoms with Crippen molar-refractivity contribution in [2.24, 2.45) is 0 Å².